The van der Waals surface area contributed by atoms with Gasteiger partial charge in [-0.15, -0.1) is 0 Å². The first-order valence-electron chi connectivity index (χ1n) is 7.25. The highest BCUT2D eigenvalue weighted by Gasteiger charge is 2.18. The molecule has 1 radical (unpaired) electrons. The third kappa shape index (κ3) is 3.41. The van der Waals surface area contributed by atoms with Gasteiger partial charge in [0.25, 0.3) is 0 Å². The van der Waals surface area contributed by atoms with Gasteiger partial charge in [-0.2, -0.15) is 0 Å². The predicted octanol–water partition coefficient (Wildman–Crippen LogP) is 4.49. The van der Waals surface area contributed by atoms with Crippen molar-refractivity contribution < 1.29 is 5.11 Å². The van der Waals surface area contributed by atoms with Gasteiger partial charge in [0.2, 0.25) is 0 Å². The lowest BCUT2D eigenvalue weighted by Gasteiger charge is -2.17. The fraction of sp³-hybridized carbons (Fsp3) is 0.158. The van der Waals surface area contributed by atoms with Crippen LogP contribution in [0.15, 0.2) is 55.0 Å². The highest BCUT2D eigenvalue weighted by Crippen LogP contribution is 2.30. The van der Waals surface area contributed by atoms with E-state index >= 15 is 0 Å². The van der Waals surface area contributed by atoms with Crippen molar-refractivity contribution in [1.29, 1.82) is 0 Å². The molecule has 0 saturated carbocycles. The fourth-order valence-electron chi connectivity index (χ4n) is 2.33. The highest BCUT2D eigenvalue weighted by atomic mass is 35.5. The van der Waals surface area contributed by atoms with Crippen LogP contribution >= 0.6 is 11.6 Å². The molecule has 0 aliphatic carbocycles. The van der Waals surface area contributed by atoms with Gasteiger partial charge in [-0.25, -0.2) is 0 Å². The number of pyridine rings is 2. The Morgan fingerprint density at radius 3 is 2.61 bits per heavy atom. The van der Waals surface area contributed by atoms with Crippen molar-refractivity contribution in [3.63, 3.8) is 0 Å². The lowest BCUT2D eigenvalue weighted by atomic mass is 9.98. The van der Waals surface area contributed by atoms with Crippen LogP contribution in [0.2, 0.25) is 5.02 Å². The zero-order valence-electron chi connectivity index (χ0n) is 12.9. The maximum atomic E-state index is 10.1. The first-order valence-corrected chi connectivity index (χ1v) is 7.63. The number of benzene rings is 1. The normalized spacial score (nSPS) is 11.5. The summed E-state index contributed by atoms with van der Waals surface area (Å²) in [5.41, 5.74) is 3.37. The largest absolute Gasteiger partial charge is 0.384 e. The second kappa shape index (κ2) is 6.11. The summed E-state index contributed by atoms with van der Waals surface area (Å²) < 4.78 is 0. The van der Waals surface area contributed by atoms with E-state index in [2.05, 4.69) is 16.0 Å². The zero-order chi connectivity index (χ0) is 16.4. The number of rotatable bonds is 3. The van der Waals surface area contributed by atoms with E-state index in [0.717, 1.165) is 22.3 Å². The molecule has 0 atom stereocenters. The van der Waals surface area contributed by atoms with E-state index in [4.69, 9.17) is 11.6 Å². The molecule has 0 aliphatic rings. The molecule has 3 aromatic rings. The van der Waals surface area contributed by atoms with Crippen LogP contribution in [0.1, 0.15) is 19.5 Å². The van der Waals surface area contributed by atoms with Crippen molar-refractivity contribution in [1.82, 2.24) is 9.97 Å². The fourth-order valence-corrected chi connectivity index (χ4v) is 2.57. The summed E-state index contributed by atoms with van der Waals surface area (Å²) in [6.07, 6.45) is 5.26. The molecular weight excluding hydrogens is 308 g/mol. The lowest BCUT2D eigenvalue weighted by molar-refractivity contribution is 0.0739. The van der Waals surface area contributed by atoms with Crippen LogP contribution in [0.25, 0.3) is 22.3 Å². The first kappa shape index (κ1) is 15.7. The SMILES string of the molecule is CC(C)(O)c1cc(-c2cncc(-c3cc[c]cc3Cl)c2)ccn1. The van der Waals surface area contributed by atoms with Crippen molar-refractivity contribution in [2.45, 2.75) is 19.4 Å². The van der Waals surface area contributed by atoms with Crippen LogP contribution < -0.4 is 0 Å². The Morgan fingerprint density at radius 2 is 1.87 bits per heavy atom. The molecule has 0 saturated heterocycles. The van der Waals surface area contributed by atoms with Crippen molar-refractivity contribution in [3.05, 3.63) is 71.8 Å². The Balaban J connectivity index is 2.06. The van der Waals surface area contributed by atoms with Crippen molar-refractivity contribution in [2.75, 3.05) is 0 Å². The van der Waals surface area contributed by atoms with E-state index in [9.17, 15) is 5.11 Å². The van der Waals surface area contributed by atoms with Crippen molar-refractivity contribution in [2.24, 2.45) is 0 Å². The molecular formula is C19H16ClN2O. The first-order chi connectivity index (χ1) is 10.9. The monoisotopic (exact) mass is 323 g/mol. The maximum absolute atomic E-state index is 10.1. The van der Waals surface area contributed by atoms with Crippen LogP contribution in [0.5, 0.6) is 0 Å². The van der Waals surface area contributed by atoms with E-state index in [1.807, 2.05) is 30.3 Å². The number of nitrogens with zero attached hydrogens (tertiary/aromatic N) is 2. The third-order valence-corrected chi connectivity index (χ3v) is 3.90. The number of aromatic nitrogens is 2. The average molecular weight is 324 g/mol. The van der Waals surface area contributed by atoms with E-state index in [1.54, 1.807) is 38.5 Å². The molecule has 2 heterocycles. The highest BCUT2D eigenvalue weighted by molar-refractivity contribution is 6.33. The van der Waals surface area contributed by atoms with E-state index in [1.165, 1.54) is 0 Å². The van der Waals surface area contributed by atoms with Crippen molar-refractivity contribution in [3.8, 4) is 22.3 Å². The minimum atomic E-state index is -0.986. The number of hydrogen-bond acceptors (Lipinski definition) is 3. The molecule has 23 heavy (non-hydrogen) atoms. The topological polar surface area (TPSA) is 46.0 Å². The van der Waals surface area contributed by atoms with Gasteiger partial charge in [-0.1, -0.05) is 23.7 Å². The minimum Gasteiger partial charge on any atom is -0.384 e. The molecule has 0 unspecified atom stereocenters. The number of hydrogen-bond donors (Lipinski definition) is 1. The molecule has 0 spiro atoms. The molecule has 1 N–H and O–H groups in total. The van der Waals surface area contributed by atoms with E-state index in [0.29, 0.717) is 10.7 Å². The van der Waals surface area contributed by atoms with Gasteiger partial charge in [0.15, 0.2) is 0 Å². The molecule has 0 bridgehead atoms. The summed E-state index contributed by atoms with van der Waals surface area (Å²) in [7, 11) is 0. The molecule has 3 rings (SSSR count). The van der Waals surface area contributed by atoms with Crippen LogP contribution in [-0.4, -0.2) is 15.1 Å². The number of halogens is 1. The number of aliphatic hydroxyl groups is 1. The second-order valence-electron chi connectivity index (χ2n) is 5.86. The predicted molar refractivity (Wildman–Crippen MR) is 92.0 cm³/mol. The molecule has 4 heteroatoms. The van der Waals surface area contributed by atoms with Gasteiger partial charge in [-0.3, -0.25) is 9.97 Å². The molecule has 2 aromatic heterocycles. The summed E-state index contributed by atoms with van der Waals surface area (Å²) in [5, 5.41) is 10.8. The van der Waals surface area contributed by atoms with E-state index < -0.39 is 5.60 Å². The van der Waals surface area contributed by atoms with Crippen molar-refractivity contribution >= 4 is 11.6 Å². The summed E-state index contributed by atoms with van der Waals surface area (Å²) in [4.78, 5) is 8.55. The van der Waals surface area contributed by atoms with Crippen LogP contribution in [-0.2, 0) is 5.60 Å². The van der Waals surface area contributed by atoms with Gasteiger partial charge >= 0.3 is 0 Å². The Labute approximate surface area is 140 Å². The maximum Gasteiger partial charge on any atom is 0.101 e. The van der Waals surface area contributed by atoms with Gasteiger partial charge in [0.05, 0.1) is 5.69 Å². The Hall–Kier alpha value is -2.23. The zero-order valence-corrected chi connectivity index (χ0v) is 13.7. The van der Waals surface area contributed by atoms with Gasteiger partial charge < -0.3 is 5.11 Å². The smallest absolute Gasteiger partial charge is 0.101 e. The molecule has 3 nitrogen and oxygen atoms in total. The molecule has 1 aromatic carbocycles. The average Bonchev–Trinajstić information content (AvgIpc) is 2.55. The van der Waals surface area contributed by atoms with Gasteiger partial charge in [0, 0.05) is 40.3 Å². The standard InChI is InChI=1S/C19H16ClN2O/c1-19(2,23)18-10-13(7-8-22-18)14-9-15(12-21-11-14)16-5-3-4-6-17(16)20/h3,5-12,23H,1-2H3. The van der Waals surface area contributed by atoms with Crippen LogP contribution in [0, 0.1) is 6.07 Å². The summed E-state index contributed by atoms with van der Waals surface area (Å²) in [5.74, 6) is 0. The van der Waals surface area contributed by atoms with Crippen LogP contribution in [0.3, 0.4) is 0 Å². The molecule has 0 aliphatic heterocycles. The van der Waals surface area contributed by atoms with Gasteiger partial charge in [0.1, 0.15) is 5.60 Å². The molecule has 115 valence electrons. The van der Waals surface area contributed by atoms with Gasteiger partial charge in [-0.05, 0) is 49.7 Å². The quantitative estimate of drug-likeness (QED) is 0.772. The van der Waals surface area contributed by atoms with Crippen LogP contribution in [0.4, 0.5) is 0 Å². The van der Waals surface area contributed by atoms with E-state index in [-0.39, 0.29) is 0 Å². The Bertz CT molecular complexity index is 841. The lowest BCUT2D eigenvalue weighted by Crippen LogP contribution is -2.17. The summed E-state index contributed by atoms with van der Waals surface area (Å²) in [6, 6.07) is 14.2. The Morgan fingerprint density at radius 1 is 1.09 bits per heavy atom. The Kier molecular flexibility index (Phi) is 4.16. The second-order valence-corrected chi connectivity index (χ2v) is 6.26. The minimum absolute atomic E-state index is 0.618. The summed E-state index contributed by atoms with van der Waals surface area (Å²) in [6.45, 7) is 3.43. The molecule has 0 fully saturated rings. The molecule has 0 amide bonds. The third-order valence-electron chi connectivity index (χ3n) is 3.58. The summed E-state index contributed by atoms with van der Waals surface area (Å²) >= 11 is 6.24.